The predicted molar refractivity (Wildman–Crippen MR) is 106 cm³/mol. The Morgan fingerprint density at radius 2 is 1.93 bits per heavy atom. The topological polar surface area (TPSA) is 67.4 Å². The van der Waals surface area contributed by atoms with Gasteiger partial charge in [0.2, 0.25) is 0 Å². The molecule has 0 bridgehead atoms. The number of carbonyl (C=O) groups excluding carboxylic acids is 1. The molecular formula is C20H26N4O2S. The Bertz CT molecular complexity index is 752. The van der Waals surface area contributed by atoms with Gasteiger partial charge in [0, 0.05) is 31.7 Å². The fraction of sp³-hybridized carbons (Fsp3) is 0.550. The molecule has 144 valence electrons. The van der Waals surface area contributed by atoms with Gasteiger partial charge in [-0.05, 0) is 55.9 Å². The number of likely N-dealkylation sites (tertiary alicyclic amines) is 1. The predicted octanol–water partition coefficient (Wildman–Crippen LogP) is 2.83. The zero-order chi connectivity index (χ0) is 18.5. The highest BCUT2D eigenvalue weighted by Crippen LogP contribution is 2.32. The van der Waals surface area contributed by atoms with Gasteiger partial charge in [-0.3, -0.25) is 4.79 Å². The zero-order valence-corrected chi connectivity index (χ0v) is 16.3. The van der Waals surface area contributed by atoms with E-state index in [0.29, 0.717) is 12.2 Å². The maximum absolute atomic E-state index is 12.9. The minimum Gasteiger partial charge on any atom is -0.381 e. The first kappa shape index (κ1) is 18.5. The van der Waals surface area contributed by atoms with Crippen molar-refractivity contribution in [3.8, 4) is 10.4 Å². The molecule has 0 radical (unpaired) electrons. The van der Waals surface area contributed by atoms with E-state index in [1.807, 2.05) is 30.3 Å². The number of nitrogens with one attached hydrogen (secondary N) is 1. The highest BCUT2D eigenvalue weighted by molar-refractivity contribution is 7.09. The smallest absolute Gasteiger partial charge is 0.273 e. The second-order valence-corrected chi connectivity index (χ2v) is 8.35. The van der Waals surface area contributed by atoms with E-state index in [9.17, 15) is 4.79 Å². The van der Waals surface area contributed by atoms with E-state index in [2.05, 4.69) is 19.8 Å². The molecule has 7 heteroatoms. The molecule has 2 aliphatic rings. The number of hydrogen-bond donors (Lipinski definition) is 1. The Morgan fingerprint density at radius 3 is 2.67 bits per heavy atom. The molecule has 2 aliphatic heterocycles. The van der Waals surface area contributed by atoms with E-state index in [4.69, 9.17) is 4.74 Å². The minimum absolute atomic E-state index is 0.0919. The van der Waals surface area contributed by atoms with E-state index in [0.717, 1.165) is 43.0 Å². The summed E-state index contributed by atoms with van der Waals surface area (Å²) >= 11 is 1.27. The molecule has 0 atom stereocenters. The Morgan fingerprint density at radius 1 is 1.19 bits per heavy atom. The summed E-state index contributed by atoms with van der Waals surface area (Å²) in [4.78, 5) is 16.2. The van der Waals surface area contributed by atoms with Gasteiger partial charge in [0.1, 0.15) is 0 Å². The third kappa shape index (κ3) is 4.36. The van der Waals surface area contributed by atoms with Crippen molar-refractivity contribution in [1.82, 2.24) is 19.8 Å². The fourth-order valence-corrected chi connectivity index (χ4v) is 4.75. The molecule has 1 amide bonds. The van der Waals surface area contributed by atoms with Crippen molar-refractivity contribution in [2.24, 2.45) is 5.41 Å². The molecule has 0 saturated carbocycles. The van der Waals surface area contributed by atoms with Gasteiger partial charge in [0.15, 0.2) is 5.69 Å². The van der Waals surface area contributed by atoms with Gasteiger partial charge >= 0.3 is 0 Å². The van der Waals surface area contributed by atoms with E-state index < -0.39 is 0 Å². The van der Waals surface area contributed by atoms with E-state index in [-0.39, 0.29) is 11.3 Å². The Kier molecular flexibility index (Phi) is 5.80. The van der Waals surface area contributed by atoms with E-state index >= 15 is 0 Å². The van der Waals surface area contributed by atoms with Crippen LogP contribution in [0, 0.1) is 5.41 Å². The van der Waals surface area contributed by atoms with Gasteiger partial charge in [-0.25, -0.2) is 0 Å². The van der Waals surface area contributed by atoms with Gasteiger partial charge in [-0.1, -0.05) is 34.8 Å². The lowest BCUT2D eigenvalue weighted by atomic mass is 9.79. The fourth-order valence-electron chi connectivity index (χ4n) is 4.08. The van der Waals surface area contributed by atoms with Crippen LogP contribution in [0.15, 0.2) is 30.3 Å². The molecule has 1 N–H and O–H groups in total. The molecular weight excluding hydrogens is 360 g/mol. The molecule has 0 aliphatic carbocycles. The van der Waals surface area contributed by atoms with Gasteiger partial charge in [-0.2, -0.15) is 0 Å². The van der Waals surface area contributed by atoms with Crippen molar-refractivity contribution in [2.75, 3.05) is 39.4 Å². The van der Waals surface area contributed by atoms with Crippen molar-refractivity contribution >= 4 is 17.4 Å². The number of aromatic nitrogens is 2. The lowest BCUT2D eigenvalue weighted by molar-refractivity contribution is -0.000650. The summed E-state index contributed by atoms with van der Waals surface area (Å²) in [5, 5.41) is 7.27. The molecule has 0 unspecified atom stereocenters. The van der Waals surface area contributed by atoms with Crippen LogP contribution in [0.5, 0.6) is 0 Å². The number of carbonyl (C=O) groups is 1. The van der Waals surface area contributed by atoms with Crippen LogP contribution < -0.4 is 5.32 Å². The summed E-state index contributed by atoms with van der Waals surface area (Å²) in [5.74, 6) is -0.130. The minimum atomic E-state index is -0.130. The molecule has 2 fully saturated rings. The summed E-state index contributed by atoms with van der Waals surface area (Å²) in [6, 6.07) is 9.86. The Hall–Kier alpha value is -1.83. The third-order valence-corrected chi connectivity index (χ3v) is 6.45. The highest BCUT2D eigenvalue weighted by atomic mass is 32.1. The quantitative estimate of drug-likeness (QED) is 0.827. The average Bonchev–Trinajstić information content (AvgIpc) is 3.39. The normalized spacial score (nSPS) is 19.9. The molecule has 27 heavy (non-hydrogen) atoms. The van der Waals surface area contributed by atoms with Crippen molar-refractivity contribution in [3.63, 3.8) is 0 Å². The van der Waals surface area contributed by atoms with Crippen LogP contribution in [0.2, 0.25) is 0 Å². The van der Waals surface area contributed by atoms with Crippen molar-refractivity contribution in [1.29, 1.82) is 0 Å². The second kappa shape index (κ2) is 8.46. The molecule has 1 aromatic carbocycles. The lowest BCUT2D eigenvalue weighted by Gasteiger charge is -2.40. The number of ether oxygens (including phenoxy) is 1. The molecule has 6 nitrogen and oxygen atoms in total. The molecule has 2 saturated heterocycles. The SMILES string of the molecule is O=C(NCC1(CN2CCCC2)CCOCC1)c1nnsc1-c1ccccc1. The average molecular weight is 387 g/mol. The number of hydrogen-bond acceptors (Lipinski definition) is 6. The summed E-state index contributed by atoms with van der Waals surface area (Å²) in [7, 11) is 0. The molecule has 3 heterocycles. The van der Waals surface area contributed by atoms with E-state index in [1.54, 1.807) is 0 Å². The van der Waals surface area contributed by atoms with Gasteiger partial charge in [-0.15, -0.1) is 5.10 Å². The first-order valence-corrected chi connectivity index (χ1v) is 10.5. The first-order chi connectivity index (χ1) is 13.3. The summed E-state index contributed by atoms with van der Waals surface area (Å²) < 4.78 is 9.61. The van der Waals surface area contributed by atoms with Gasteiger partial charge in [0.25, 0.3) is 5.91 Å². The maximum Gasteiger partial charge on any atom is 0.273 e. The first-order valence-electron chi connectivity index (χ1n) is 9.72. The standard InChI is InChI=1S/C20H26N4O2S/c25-19(17-18(27-23-22-17)16-6-2-1-3-7-16)21-14-20(8-12-26-13-9-20)15-24-10-4-5-11-24/h1-3,6-7H,4-5,8-15H2,(H,21,25). The molecule has 4 rings (SSSR count). The number of nitrogens with zero attached hydrogens (tertiary/aromatic N) is 3. The maximum atomic E-state index is 12.9. The number of benzene rings is 1. The second-order valence-electron chi connectivity index (χ2n) is 7.59. The van der Waals surface area contributed by atoms with Gasteiger partial charge < -0.3 is 15.0 Å². The number of rotatable bonds is 6. The zero-order valence-electron chi connectivity index (χ0n) is 15.5. The molecule has 0 spiro atoms. The Balaban J connectivity index is 1.45. The number of amides is 1. The summed E-state index contributed by atoms with van der Waals surface area (Å²) in [6.45, 7) is 5.60. The molecule has 1 aromatic heterocycles. The summed E-state index contributed by atoms with van der Waals surface area (Å²) in [6.07, 6.45) is 4.54. The van der Waals surface area contributed by atoms with Crippen LogP contribution >= 0.6 is 11.5 Å². The summed E-state index contributed by atoms with van der Waals surface area (Å²) in [5.41, 5.74) is 1.50. The van der Waals surface area contributed by atoms with Crippen LogP contribution in [-0.2, 0) is 4.74 Å². The van der Waals surface area contributed by atoms with Crippen LogP contribution in [0.25, 0.3) is 10.4 Å². The third-order valence-electron chi connectivity index (χ3n) is 5.67. The monoisotopic (exact) mass is 386 g/mol. The van der Waals surface area contributed by atoms with Crippen LogP contribution in [0.1, 0.15) is 36.2 Å². The Labute approximate surface area is 164 Å². The van der Waals surface area contributed by atoms with Crippen molar-refractivity contribution in [2.45, 2.75) is 25.7 Å². The highest BCUT2D eigenvalue weighted by Gasteiger charge is 2.36. The molecule has 2 aromatic rings. The van der Waals surface area contributed by atoms with Crippen LogP contribution in [0.3, 0.4) is 0 Å². The van der Waals surface area contributed by atoms with Crippen LogP contribution in [-0.4, -0.2) is 59.8 Å². The van der Waals surface area contributed by atoms with E-state index in [1.165, 1.54) is 37.5 Å². The van der Waals surface area contributed by atoms with Gasteiger partial charge in [0.05, 0.1) is 4.88 Å². The largest absolute Gasteiger partial charge is 0.381 e. The van der Waals surface area contributed by atoms with Crippen LogP contribution in [0.4, 0.5) is 0 Å². The van der Waals surface area contributed by atoms with Crippen molar-refractivity contribution < 1.29 is 9.53 Å². The lowest BCUT2D eigenvalue weighted by Crippen LogP contribution is -2.48. The van der Waals surface area contributed by atoms with Crippen molar-refractivity contribution in [3.05, 3.63) is 36.0 Å².